The first kappa shape index (κ1) is 18.8. The molecule has 0 saturated heterocycles. The lowest BCUT2D eigenvalue weighted by atomic mass is 10.1. The number of carboxylic acid groups (broad SMARTS) is 1. The van der Waals surface area contributed by atoms with Crippen LogP contribution in [0.3, 0.4) is 0 Å². The van der Waals surface area contributed by atoms with Gasteiger partial charge in [-0.05, 0) is 0 Å². The Labute approximate surface area is 119 Å². The molecule has 3 atom stereocenters. The van der Waals surface area contributed by atoms with Crippen molar-refractivity contribution >= 4 is 23.7 Å². The van der Waals surface area contributed by atoms with Crippen LogP contribution in [0.15, 0.2) is 0 Å². The Morgan fingerprint density at radius 3 is 1.86 bits per heavy atom. The molecule has 0 aliphatic heterocycles. The van der Waals surface area contributed by atoms with Crippen LogP contribution in [0.2, 0.25) is 0 Å². The number of nitrogens with one attached hydrogen (secondary N) is 2. The fourth-order valence-corrected chi connectivity index (χ4v) is 1.23. The maximum absolute atomic E-state index is 11.8. The Kier molecular flexibility index (Phi) is 7.89. The highest BCUT2D eigenvalue weighted by molar-refractivity contribution is 5.94. The van der Waals surface area contributed by atoms with Gasteiger partial charge in [-0.1, -0.05) is 0 Å². The van der Waals surface area contributed by atoms with E-state index in [0.717, 1.165) is 0 Å². The number of hydrogen-bond acceptors (Lipinski definition) is 7. The van der Waals surface area contributed by atoms with Gasteiger partial charge in [-0.2, -0.15) is 0 Å². The van der Waals surface area contributed by atoms with Gasteiger partial charge in [-0.3, -0.25) is 14.4 Å². The molecule has 0 aliphatic rings. The van der Waals surface area contributed by atoms with Gasteiger partial charge < -0.3 is 37.4 Å². The Hall–Kier alpha value is -2.24. The van der Waals surface area contributed by atoms with Crippen molar-refractivity contribution in [3.63, 3.8) is 0 Å². The molecule has 21 heavy (non-hydrogen) atoms. The Balaban J connectivity index is 4.88. The molecule has 0 radical (unpaired) electrons. The van der Waals surface area contributed by atoms with Crippen LogP contribution in [-0.4, -0.2) is 70.3 Å². The van der Waals surface area contributed by atoms with Crippen LogP contribution < -0.4 is 22.1 Å². The minimum absolute atomic E-state index is 0.604. The van der Waals surface area contributed by atoms with Gasteiger partial charge in [0.1, 0.15) is 18.1 Å². The van der Waals surface area contributed by atoms with Gasteiger partial charge in [-0.25, -0.2) is 4.79 Å². The van der Waals surface area contributed by atoms with E-state index in [-0.39, 0.29) is 0 Å². The van der Waals surface area contributed by atoms with E-state index in [1.807, 2.05) is 5.32 Å². The summed E-state index contributed by atoms with van der Waals surface area (Å²) in [5, 5.41) is 30.2. The van der Waals surface area contributed by atoms with Crippen LogP contribution in [0.25, 0.3) is 0 Å². The third-order valence-electron chi connectivity index (χ3n) is 2.37. The summed E-state index contributed by atoms with van der Waals surface area (Å²) in [6.45, 7) is -1.57. The number of hydrogen-bond donors (Lipinski definition) is 7. The van der Waals surface area contributed by atoms with E-state index in [0.29, 0.717) is 0 Å². The second-order valence-corrected chi connectivity index (χ2v) is 4.10. The number of nitrogens with two attached hydrogens (primary N) is 2. The van der Waals surface area contributed by atoms with Gasteiger partial charge in [0.2, 0.25) is 17.7 Å². The third kappa shape index (κ3) is 6.65. The molecule has 11 nitrogen and oxygen atoms in total. The monoisotopic (exact) mass is 306 g/mol. The first-order valence-corrected chi connectivity index (χ1v) is 5.82. The molecular weight excluding hydrogens is 288 g/mol. The van der Waals surface area contributed by atoms with Crippen LogP contribution in [0.4, 0.5) is 0 Å². The molecule has 0 spiro atoms. The van der Waals surface area contributed by atoms with Crippen molar-refractivity contribution in [3.05, 3.63) is 0 Å². The average Bonchev–Trinajstić information content (AvgIpc) is 2.41. The summed E-state index contributed by atoms with van der Waals surface area (Å²) < 4.78 is 0. The summed E-state index contributed by atoms with van der Waals surface area (Å²) in [4.78, 5) is 44.8. The number of carbonyl (C=O) groups is 4. The molecule has 3 amide bonds. The zero-order valence-corrected chi connectivity index (χ0v) is 11.0. The highest BCUT2D eigenvalue weighted by Gasteiger charge is 2.28. The van der Waals surface area contributed by atoms with E-state index < -0.39 is 61.5 Å². The maximum atomic E-state index is 11.8. The summed E-state index contributed by atoms with van der Waals surface area (Å²) in [6, 6.07) is -4.39. The van der Waals surface area contributed by atoms with Crippen molar-refractivity contribution in [2.24, 2.45) is 11.5 Å². The zero-order valence-electron chi connectivity index (χ0n) is 11.0. The summed E-state index contributed by atoms with van der Waals surface area (Å²) in [7, 11) is 0. The smallest absolute Gasteiger partial charge is 0.328 e. The topological polar surface area (TPSA) is 205 Å². The Bertz CT molecular complexity index is 414. The van der Waals surface area contributed by atoms with Gasteiger partial charge in [0.15, 0.2) is 0 Å². The van der Waals surface area contributed by atoms with Gasteiger partial charge in [-0.15, -0.1) is 0 Å². The highest BCUT2D eigenvalue weighted by Crippen LogP contribution is 1.95. The summed E-state index contributed by atoms with van der Waals surface area (Å²) >= 11 is 0. The molecule has 0 aromatic carbocycles. The van der Waals surface area contributed by atoms with Crippen molar-refractivity contribution in [1.29, 1.82) is 0 Å². The molecule has 0 aliphatic carbocycles. The van der Waals surface area contributed by atoms with E-state index in [1.165, 1.54) is 0 Å². The summed E-state index contributed by atoms with van der Waals surface area (Å²) in [5.41, 5.74) is 10.1. The molecule has 0 aromatic heterocycles. The lowest BCUT2D eigenvalue weighted by Crippen LogP contribution is -2.56. The number of carboxylic acids is 1. The first-order chi connectivity index (χ1) is 9.72. The molecular formula is C10H18N4O7. The van der Waals surface area contributed by atoms with Gasteiger partial charge in [0.25, 0.3) is 0 Å². The predicted molar refractivity (Wildman–Crippen MR) is 67.5 cm³/mol. The number of primary amides is 1. The van der Waals surface area contributed by atoms with E-state index in [9.17, 15) is 19.2 Å². The van der Waals surface area contributed by atoms with Crippen LogP contribution in [-0.2, 0) is 19.2 Å². The largest absolute Gasteiger partial charge is 0.480 e. The molecule has 0 fully saturated rings. The highest BCUT2D eigenvalue weighted by atomic mass is 16.4. The van der Waals surface area contributed by atoms with E-state index >= 15 is 0 Å². The standard InChI is InChI=1S/C10H18N4O7/c11-4(2-15)8(18)13-5(1-7(12)17)9(19)14-6(3-16)10(20)21/h4-6,15-16H,1-3,11H2,(H2,12,17)(H,13,18)(H,14,19)(H,20,21)/t4-,5-,6-/m0/s1. The molecule has 0 heterocycles. The lowest BCUT2D eigenvalue weighted by Gasteiger charge is -2.20. The van der Waals surface area contributed by atoms with Crippen LogP contribution in [0.1, 0.15) is 6.42 Å². The Morgan fingerprint density at radius 2 is 1.48 bits per heavy atom. The van der Waals surface area contributed by atoms with E-state index in [2.05, 4.69) is 5.32 Å². The van der Waals surface area contributed by atoms with Crippen molar-refractivity contribution in [3.8, 4) is 0 Å². The predicted octanol–water partition coefficient (Wildman–Crippen LogP) is -4.77. The zero-order chi connectivity index (χ0) is 16.6. The molecule has 0 saturated carbocycles. The second kappa shape index (κ2) is 8.84. The molecule has 11 heteroatoms. The van der Waals surface area contributed by atoms with Crippen molar-refractivity contribution in [1.82, 2.24) is 10.6 Å². The van der Waals surface area contributed by atoms with E-state index in [4.69, 9.17) is 26.8 Å². The molecule has 120 valence electrons. The van der Waals surface area contributed by atoms with E-state index in [1.54, 1.807) is 0 Å². The fourth-order valence-electron chi connectivity index (χ4n) is 1.23. The van der Waals surface area contributed by atoms with Gasteiger partial charge >= 0.3 is 5.97 Å². The van der Waals surface area contributed by atoms with Crippen molar-refractivity contribution in [2.75, 3.05) is 13.2 Å². The van der Waals surface area contributed by atoms with Crippen LogP contribution in [0, 0.1) is 0 Å². The van der Waals surface area contributed by atoms with Gasteiger partial charge in [0.05, 0.1) is 19.6 Å². The molecule has 0 bridgehead atoms. The SMILES string of the molecule is NC(=O)C[C@H](NC(=O)[C@@H](N)CO)C(=O)N[C@@H](CO)C(=O)O. The minimum Gasteiger partial charge on any atom is -0.480 e. The summed E-state index contributed by atoms with van der Waals surface area (Å²) in [5.74, 6) is -4.38. The number of amides is 3. The molecule has 9 N–H and O–H groups in total. The lowest BCUT2D eigenvalue weighted by molar-refractivity contribution is -0.143. The number of aliphatic carboxylic acids is 1. The fraction of sp³-hybridized carbons (Fsp3) is 0.600. The number of carbonyl (C=O) groups excluding carboxylic acids is 3. The second-order valence-electron chi connectivity index (χ2n) is 4.10. The molecule has 0 rings (SSSR count). The van der Waals surface area contributed by atoms with Crippen molar-refractivity contribution < 1.29 is 34.5 Å². The summed E-state index contributed by atoms with van der Waals surface area (Å²) in [6.07, 6.45) is -0.604. The normalized spacial score (nSPS) is 14.6. The quantitative estimate of drug-likeness (QED) is 0.219. The maximum Gasteiger partial charge on any atom is 0.328 e. The average molecular weight is 306 g/mol. The van der Waals surface area contributed by atoms with Crippen LogP contribution >= 0.6 is 0 Å². The third-order valence-corrected chi connectivity index (χ3v) is 2.37. The molecule has 0 aromatic rings. The van der Waals surface area contributed by atoms with Crippen LogP contribution in [0.5, 0.6) is 0 Å². The first-order valence-electron chi connectivity index (χ1n) is 5.82. The van der Waals surface area contributed by atoms with Gasteiger partial charge in [0, 0.05) is 0 Å². The minimum atomic E-state index is -1.60. The number of rotatable bonds is 9. The number of aliphatic hydroxyl groups is 2. The van der Waals surface area contributed by atoms with Crippen molar-refractivity contribution in [2.45, 2.75) is 24.5 Å². The molecule has 0 unspecified atom stereocenters. The Morgan fingerprint density at radius 1 is 0.952 bits per heavy atom. The number of aliphatic hydroxyl groups excluding tert-OH is 2.